The number of sulfone groups is 1. The first kappa shape index (κ1) is 10.3. The van der Waals surface area contributed by atoms with E-state index in [4.69, 9.17) is 0 Å². The van der Waals surface area contributed by atoms with Crippen LogP contribution in [0.25, 0.3) is 6.08 Å². The molecule has 0 amide bonds. The molecule has 15 heavy (non-hydrogen) atoms. The van der Waals surface area contributed by atoms with Gasteiger partial charge in [-0.3, -0.25) is 0 Å². The first-order valence-corrected chi connectivity index (χ1v) is 5.62. The van der Waals surface area contributed by atoms with E-state index in [0.29, 0.717) is 11.6 Å². The molecule has 0 fully saturated rings. The number of hydrogen-bond acceptors (Lipinski definition) is 2. The third-order valence-electron chi connectivity index (χ3n) is 2.15. The molecule has 80 valence electrons. The highest BCUT2D eigenvalue weighted by Crippen LogP contribution is 2.26. The topological polar surface area (TPSA) is 34.1 Å². The zero-order valence-electron chi connectivity index (χ0n) is 7.32. The van der Waals surface area contributed by atoms with Crippen LogP contribution >= 0.6 is 0 Å². The zero-order valence-corrected chi connectivity index (χ0v) is 8.14. The van der Waals surface area contributed by atoms with Gasteiger partial charge < -0.3 is 12.9 Å². The van der Waals surface area contributed by atoms with Crippen LogP contribution in [0.2, 0.25) is 0 Å². The summed E-state index contributed by atoms with van der Waals surface area (Å²) in [5, 5.41) is 0.908. The van der Waals surface area contributed by atoms with Crippen molar-refractivity contribution in [2.45, 2.75) is 4.90 Å². The second-order valence-corrected chi connectivity index (χ2v) is 5.02. The number of halogens is 3. The Morgan fingerprint density at radius 1 is 1.13 bits per heavy atom. The SMILES string of the molecule is O=S1(=O)C=Cc2ccc([B-](F)(F)F)cc21. The molecule has 0 atom stereocenters. The standard InChI is InChI=1S/C8H5BF3O2S/c10-9(11,12)7-2-1-6-3-4-15(13,14)8(6)5-7/h1-5H/q-1. The summed E-state index contributed by atoms with van der Waals surface area (Å²) >= 11 is 0. The monoisotopic (exact) mass is 233 g/mol. The maximum Gasteiger partial charge on any atom is 0.509 e. The lowest BCUT2D eigenvalue weighted by atomic mass is 9.80. The fourth-order valence-corrected chi connectivity index (χ4v) is 2.61. The maximum atomic E-state index is 12.4. The lowest BCUT2D eigenvalue weighted by Gasteiger charge is -2.15. The minimum atomic E-state index is -5.16. The molecule has 0 unspecified atom stereocenters. The molecule has 1 heterocycles. The normalized spacial score (nSPS) is 17.8. The summed E-state index contributed by atoms with van der Waals surface area (Å²) in [7, 11) is -3.66. The number of fused-ring (bicyclic) bond motifs is 1. The predicted molar refractivity (Wildman–Crippen MR) is 51.4 cm³/mol. The van der Waals surface area contributed by atoms with Gasteiger partial charge in [0, 0.05) is 5.41 Å². The molecule has 0 saturated heterocycles. The molecular formula is C8H5BF3O2S-. The Hall–Kier alpha value is -1.24. The van der Waals surface area contributed by atoms with E-state index in [1.165, 1.54) is 12.1 Å². The predicted octanol–water partition coefficient (Wildman–Crippen LogP) is 1.50. The van der Waals surface area contributed by atoms with Gasteiger partial charge in [0.1, 0.15) is 0 Å². The van der Waals surface area contributed by atoms with Crippen LogP contribution in [0, 0.1) is 0 Å². The lowest BCUT2D eigenvalue weighted by molar-refractivity contribution is 0.501. The minimum absolute atomic E-state index is 0.265. The van der Waals surface area contributed by atoms with E-state index in [1.807, 2.05) is 0 Å². The van der Waals surface area contributed by atoms with Gasteiger partial charge in [0.2, 0.25) is 0 Å². The summed E-state index contributed by atoms with van der Waals surface area (Å²) in [5.74, 6) is 0. The largest absolute Gasteiger partial charge is 0.509 e. The van der Waals surface area contributed by atoms with E-state index >= 15 is 0 Å². The molecule has 2 nitrogen and oxygen atoms in total. The second kappa shape index (κ2) is 2.88. The molecule has 0 spiro atoms. The molecule has 0 bridgehead atoms. The van der Waals surface area contributed by atoms with Crippen LogP contribution in [-0.4, -0.2) is 15.4 Å². The molecule has 2 rings (SSSR count). The van der Waals surface area contributed by atoms with Crippen molar-refractivity contribution >= 4 is 28.4 Å². The van der Waals surface area contributed by atoms with E-state index in [-0.39, 0.29) is 4.90 Å². The number of benzene rings is 1. The fourth-order valence-electron chi connectivity index (χ4n) is 1.37. The third kappa shape index (κ3) is 1.67. The first-order valence-electron chi connectivity index (χ1n) is 4.08. The van der Waals surface area contributed by atoms with Crippen molar-refractivity contribution in [2.24, 2.45) is 0 Å². The molecule has 0 aromatic heterocycles. The third-order valence-corrected chi connectivity index (χ3v) is 3.61. The van der Waals surface area contributed by atoms with E-state index in [2.05, 4.69) is 0 Å². The smallest absolute Gasteiger partial charge is 0.445 e. The van der Waals surface area contributed by atoms with Crippen LogP contribution in [0.1, 0.15) is 5.56 Å². The number of rotatable bonds is 1. The summed E-state index contributed by atoms with van der Waals surface area (Å²) in [6.07, 6.45) is 1.29. The van der Waals surface area contributed by atoms with Crippen LogP contribution in [0.15, 0.2) is 28.5 Å². The Bertz CT molecular complexity index is 545. The Morgan fingerprint density at radius 2 is 1.80 bits per heavy atom. The molecule has 0 radical (unpaired) electrons. The lowest BCUT2D eigenvalue weighted by Crippen LogP contribution is -2.34. The van der Waals surface area contributed by atoms with E-state index < -0.39 is 22.3 Å². The van der Waals surface area contributed by atoms with Crippen molar-refractivity contribution in [1.82, 2.24) is 0 Å². The summed E-state index contributed by atoms with van der Waals surface area (Å²) < 4.78 is 59.6. The van der Waals surface area contributed by atoms with Gasteiger partial charge in [-0.1, -0.05) is 18.2 Å². The first-order chi connectivity index (χ1) is 6.81. The molecule has 0 saturated carbocycles. The van der Waals surface area contributed by atoms with Crippen LogP contribution in [0.3, 0.4) is 0 Å². The van der Waals surface area contributed by atoms with Gasteiger partial charge in [0.05, 0.1) is 4.90 Å². The molecule has 0 aliphatic carbocycles. The highest BCUT2D eigenvalue weighted by atomic mass is 32.2. The Balaban J connectivity index is 2.64. The number of hydrogen-bond donors (Lipinski definition) is 0. The van der Waals surface area contributed by atoms with Gasteiger partial charge in [0.15, 0.2) is 9.84 Å². The summed E-state index contributed by atoms with van der Waals surface area (Å²) in [4.78, 5) is -0.265. The van der Waals surface area contributed by atoms with Gasteiger partial charge in [0.25, 0.3) is 0 Å². The van der Waals surface area contributed by atoms with Gasteiger partial charge >= 0.3 is 6.98 Å². The van der Waals surface area contributed by atoms with Crippen molar-refractivity contribution < 1.29 is 21.4 Å². The summed E-state index contributed by atoms with van der Waals surface area (Å²) in [5.41, 5.74) is -0.583. The van der Waals surface area contributed by atoms with Crippen LogP contribution in [0.5, 0.6) is 0 Å². The summed E-state index contributed by atoms with van der Waals surface area (Å²) in [6.45, 7) is -5.16. The zero-order chi connectivity index (χ0) is 11.3. The molecule has 0 N–H and O–H groups in total. The average molecular weight is 233 g/mol. The van der Waals surface area contributed by atoms with Gasteiger partial charge in [-0.05, 0) is 11.6 Å². The van der Waals surface area contributed by atoms with Crippen LogP contribution in [-0.2, 0) is 9.84 Å². The molecule has 1 aromatic rings. The Kier molecular flexibility index (Phi) is 1.98. The van der Waals surface area contributed by atoms with E-state index in [9.17, 15) is 21.4 Å². The van der Waals surface area contributed by atoms with Crippen molar-refractivity contribution in [2.75, 3.05) is 0 Å². The highest BCUT2D eigenvalue weighted by Gasteiger charge is 2.29. The molecule has 1 aliphatic rings. The average Bonchev–Trinajstić information content (AvgIpc) is 2.41. The summed E-state index contributed by atoms with van der Waals surface area (Å²) in [6, 6.07) is 2.75. The maximum absolute atomic E-state index is 12.4. The van der Waals surface area contributed by atoms with Gasteiger partial charge in [-0.2, -0.15) is 0 Å². The fraction of sp³-hybridized carbons (Fsp3) is 0. The van der Waals surface area contributed by atoms with Crippen molar-refractivity contribution in [3.63, 3.8) is 0 Å². The van der Waals surface area contributed by atoms with Crippen molar-refractivity contribution in [3.8, 4) is 0 Å². The second-order valence-electron chi connectivity index (χ2n) is 3.22. The van der Waals surface area contributed by atoms with Crippen molar-refractivity contribution in [1.29, 1.82) is 0 Å². The Labute approximate surface area is 84.4 Å². The molecule has 1 aliphatic heterocycles. The van der Waals surface area contributed by atoms with Crippen molar-refractivity contribution in [3.05, 3.63) is 29.2 Å². The minimum Gasteiger partial charge on any atom is -0.445 e. The van der Waals surface area contributed by atoms with E-state index in [0.717, 1.165) is 11.5 Å². The van der Waals surface area contributed by atoms with Gasteiger partial charge in [-0.15, -0.1) is 5.46 Å². The van der Waals surface area contributed by atoms with E-state index in [1.54, 1.807) is 0 Å². The molecule has 1 aromatic carbocycles. The van der Waals surface area contributed by atoms with Crippen LogP contribution in [0.4, 0.5) is 12.9 Å². The van der Waals surface area contributed by atoms with Gasteiger partial charge in [-0.25, -0.2) is 8.42 Å². The highest BCUT2D eigenvalue weighted by molar-refractivity contribution is 7.94. The molecule has 7 heteroatoms. The quantitative estimate of drug-likeness (QED) is 0.688. The Morgan fingerprint density at radius 3 is 2.40 bits per heavy atom. The van der Waals surface area contributed by atoms with Crippen LogP contribution < -0.4 is 5.46 Å². The molecular weight excluding hydrogens is 228 g/mol.